The monoisotopic (exact) mass is 371 g/mol. The zero-order valence-electron chi connectivity index (χ0n) is 12.8. The van der Waals surface area contributed by atoms with Crippen molar-refractivity contribution in [2.75, 3.05) is 5.32 Å². The summed E-state index contributed by atoms with van der Waals surface area (Å²) in [5, 5.41) is 3.19. The Labute approximate surface area is 148 Å². The molecule has 1 amide bonds. The van der Waals surface area contributed by atoms with E-state index in [0.29, 0.717) is 37.7 Å². The van der Waals surface area contributed by atoms with Crippen molar-refractivity contribution in [3.63, 3.8) is 0 Å². The summed E-state index contributed by atoms with van der Waals surface area (Å²) in [5.74, 6) is -0.473. The number of carbonyl (C=O) groups is 2. The smallest absolute Gasteiger partial charge is 0.308 e. The number of thiophene rings is 1. The molecule has 1 aromatic heterocycles. The minimum Gasteiger partial charge on any atom is -0.424 e. The van der Waals surface area contributed by atoms with Crippen LogP contribution in [-0.2, 0) is 11.2 Å². The fourth-order valence-corrected chi connectivity index (χ4v) is 3.56. The number of rotatable bonds is 4. The molecule has 0 fully saturated rings. The molecule has 7 heteroatoms. The number of benzene rings is 1. The molecule has 0 atom stereocenters. The maximum Gasteiger partial charge on any atom is 0.308 e. The highest BCUT2D eigenvalue weighted by atomic mass is 35.5. The Morgan fingerprint density at radius 1 is 1.30 bits per heavy atom. The standard InChI is InChI=1S/C16H15Cl2NO3S/c1-4-10-6-5-7-11(22-9(3)20)13(10)19-16(21)14-8(2)12(17)15(18)23-14/h5-7H,4H2,1-3H3,(H,19,21). The number of halogens is 2. The third-order valence-corrected chi connectivity index (χ3v) is 5.41. The van der Waals surface area contributed by atoms with Crippen LogP contribution >= 0.6 is 34.5 Å². The molecule has 0 aliphatic carbocycles. The largest absolute Gasteiger partial charge is 0.424 e. The van der Waals surface area contributed by atoms with Crippen LogP contribution in [0.15, 0.2) is 18.2 Å². The van der Waals surface area contributed by atoms with Gasteiger partial charge in [-0.2, -0.15) is 0 Å². The molecule has 0 saturated carbocycles. The summed E-state index contributed by atoms with van der Waals surface area (Å²) in [6, 6.07) is 5.28. The van der Waals surface area contributed by atoms with Crippen LogP contribution in [0.3, 0.4) is 0 Å². The van der Waals surface area contributed by atoms with Crippen molar-refractivity contribution in [3.05, 3.63) is 43.6 Å². The Hall–Kier alpha value is -1.56. The normalized spacial score (nSPS) is 10.5. The Balaban J connectivity index is 2.40. The summed E-state index contributed by atoms with van der Waals surface area (Å²) in [7, 11) is 0. The van der Waals surface area contributed by atoms with Crippen LogP contribution < -0.4 is 10.1 Å². The van der Waals surface area contributed by atoms with E-state index in [0.717, 1.165) is 16.9 Å². The van der Waals surface area contributed by atoms with Gasteiger partial charge in [0, 0.05) is 6.92 Å². The maximum atomic E-state index is 12.5. The highest BCUT2D eigenvalue weighted by Crippen LogP contribution is 2.37. The van der Waals surface area contributed by atoms with Crippen LogP contribution in [0.1, 0.15) is 34.6 Å². The third kappa shape index (κ3) is 3.86. The molecule has 122 valence electrons. The second-order valence-corrected chi connectivity index (χ2v) is 6.84. The van der Waals surface area contributed by atoms with E-state index >= 15 is 0 Å². The van der Waals surface area contributed by atoms with Crippen LogP contribution in [0.4, 0.5) is 5.69 Å². The molecule has 1 aromatic carbocycles. The van der Waals surface area contributed by atoms with Gasteiger partial charge >= 0.3 is 5.97 Å². The molecule has 0 radical (unpaired) electrons. The number of amides is 1. The number of nitrogens with one attached hydrogen (secondary N) is 1. The molecule has 0 unspecified atom stereocenters. The molecule has 2 rings (SSSR count). The van der Waals surface area contributed by atoms with Gasteiger partial charge in [-0.25, -0.2) is 0 Å². The second kappa shape index (κ2) is 7.34. The first-order valence-corrected chi connectivity index (χ1v) is 8.48. The van der Waals surface area contributed by atoms with E-state index in [-0.39, 0.29) is 5.91 Å². The van der Waals surface area contributed by atoms with Gasteiger partial charge in [0.05, 0.1) is 15.6 Å². The van der Waals surface area contributed by atoms with Crippen LogP contribution in [0.2, 0.25) is 9.36 Å². The first-order chi connectivity index (χ1) is 10.8. The predicted octanol–water partition coefficient (Wildman–Crippen LogP) is 5.10. The molecule has 0 bridgehead atoms. The molecule has 0 saturated heterocycles. The average molecular weight is 372 g/mol. The zero-order valence-corrected chi connectivity index (χ0v) is 15.2. The molecule has 4 nitrogen and oxygen atoms in total. The highest BCUT2D eigenvalue weighted by Gasteiger charge is 2.20. The quantitative estimate of drug-likeness (QED) is 0.600. The zero-order chi connectivity index (χ0) is 17.1. The first kappa shape index (κ1) is 17.8. The Morgan fingerprint density at radius 2 is 2.00 bits per heavy atom. The Kier molecular flexibility index (Phi) is 5.68. The number of aryl methyl sites for hydroxylation is 1. The lowest BCUT2D eigenvalue weighted by atomic mass is 10.1. The topological polar surface area (TPSA) is 55.4 Å². The molecular formula is C16H15Cl2NO3S. The van der Waals surface area contributed by atoms with Gasteiger partial charge in [0.1, 0.15) is 4.34 Å². The molecule has 0 aliphatic rings. The van der Waals surface area contributed by atoms with E-state index in [4.69, 9.17) is 27.9 Å². The van der Waals surface area contributed by atoms with E-state index in [1.165, 1.54) is 6.92 Å². The minimum absolute atomic E-state index is 0.316. The molecule has 23 heavy (non-hydrogen) atoms. The lowest BCUT2D eigenvalue weighted by Crippen LogP contribution is -2.15. The number of esters is 1. The summed E-state index contributed by atoms with van der Waals surface area (Å²) < 4.78 is 5.55. The van der Waals surface area contributed by atoms with Crippen LogP contribution in [-0.4, -0.2) is 11.9 Å². The van der Waals surface area contributed by atoms with E-state index in [2.05, 4.69) is 5.32 Å². The van der Waals surface area contributed by atoms with E-state index in [1.807, 2.05) is 13.0 Å². The van der Waals surface area contributed by atoms with Gasteiger partial charge in [0.25, 0.3) is 5.91 Å². The number of hydrogen-bond donors (Lipinski definition) is 1. The van der Waals surface area contributed by atoms with Crippen molar-refractivity contribution in [1.82, 2.24) is 0 Å². The fourth-order valence-electron chi connectivity index (χ4n) is 2.10. The summed E-state index contributed by atoms with van der Waals surface area (Å²) in [6.07, 6.45) is 0.676. The SMILES string of the molecule is CCc1cccc(OC(C)=O)c1NC(=O)c1sc(Cl)c(Cl)c1C. The van der Waals surface area contributed by atoms with Crippen LogP contribution in [0, 0.1) is 6.92 Å². The van der Waals surface area contributed by atoms with Crippen molar-refractivity contribution in [1.29, 1.82) is 0 Å². The van der Waals surface area contributed by atoms with E-state index in [1.54, 1.807) is 19.1 Å². The number of ether oxygens (including phenoxy) is 1. The van der Waals surface area contributed by atoms with E-state index < -0.39 is 5.97 Å². The van der Waals surface area contributed by atoms with Crippen molar-refractivity contribution in [2.24, 2.45) is 0 Å². The lowest BCUT2D eigenvalue weighted by Gasteiger charge is -2.14. The van der Waals surface area contributed by atoms with Gasteiger partial charge < -0.3 is 10.1 Å². The van der Waals surface area contributed by atoms with Gasteiger partial charge in [0.15, 0.2) is 5.75 Å². The van der Waals surface area contributed by atoms with Crippen molar-refractivity contribution in [3.8, 4) is 5.75 Å². The maximum absolute atomic E-state index is 12.5. The molecule has 0 spiro atoms. The predicted molar refractivity (Wildman–Crippen MR) is 94.2 cm³/mol. The number of para-hydroxylation sites is 1. The van der Waals surface area contributed by atoms with Crippen molar-refractivity contribution < 1.29 is 14.3 Å². The average Bonchev–Trinajstić information content (AvgIpc) is 2.76. The summed E-state index contributed by atoms with van der Waals surface area (Å²) >= 11 is 13.1. The highest BCUT2D eigenvalue weighted by molar-refractivity contribution is 7.19. The third-order valence-electron chi connectivity index (χ3n) is 3.23. The summed E-state index contributed by atoms with van der Waals surface area (Å²) in [4.78, 5) is 24.2. The number of hydrogen-bond acceptors (Lipinski definition) is 4. The van der Waals surface area contributed by atoms with Gasteiger partial charge in [0.2, 0.25) is 0 Å². The second-order valence-electron chi connectivity index (χ2n) is 4.84. The van der Waals surface area contributed by atoms with Crippen LogP contribution in [0.25, 0.3) is 0 Å². The summed E-state index contributed by atoms with van der Waals surface area (Å²) in [5.41, 5.74) is 1.97. The minimum atomic E-state index is -0.452. The number of carbonyl (C=O) groups excluding carboxylic acids is 2. The Morgan fingerprint density at radius 3 is 2.52 bits per heavy atom. The van der Waals surface area contributed by atoms with Crippen molar-refractivity contribution >= 4 is 52.1 Å². The van der Waals surface area contributed by atoms with Crippen molar-refractivity contribution in [2.45, 2.75) is 27.2 Å². The Bertz CT molecular complexity index is 771. The number of anilines is 1. The molecule has 0 aliphatic heterocycles. The summed E-state index contributed by atoms with van der Waals surface area (Å²) in [6.45, 7) is 5.00. The molecule has 1 heterocycles. The fraction of sp³-hybridized carbons (Fsp3) is 0.250. The lowest BCUT2D eigenvalue weighted by molar-refractivity contribution is -0.131. The molecule has 2 aromatic rings. The molecule has 1 N–H and O–H groups in total. The molecular weight excluding hydrogens is 357 g/mol. The van der Waals surface area contributed by atoms with Gasteiger partial charge in [-0.1, -0.05) is 42.3 Å². The van der Waals surface area contributed by atoms with Crippen LogP contribution in [0.5, 0.6) is 5.75 Å². The van der Waals surface area contributed by atoms with E-state index in [9.17, 15) is 9.59 Å². The first-order valence-electron chi connectivity index (χ1n) is 6.91. The van der Waals surface area contributed by atoms with Gasteiger partial charge in [-0.05, 0) is 30.5 Å². The van der Waals surface area contributed by atoms with Gasteiger partial charge in [-0.3, -0.25) is 9.59 Å². The van der Waals surface area contributed by atoms with Gasteiger partial charge in [-0.15, -0.1) is 11.3 Å².